The fourth-order valence-electron chi connectivity index (χ4n) is 3.24. The molecule has 7 heteroatoms. The molecule has 0 spiro atoms. The number of carbonyl (C=O) groups excluding carboxylic acids is 1. The molecule has 1 aromatic carbocycles. The Balaban J connectivity index is 1.66. The molecule has 2 N–H and O–H groups in total. The minimum Gasteiger partial charge on any atom is -0.481 e. The van der Waals surface area contributed by atoms with Crippen molar-refractivity contribution in [2.24, 2.45) is 4.99 Å². The molecular weight excluding hydrogens is 344 g/mol. The van der Waals surface area contributed by atoms with Gasteiger partial charge in [-0.25, -0.2) is 0 Å². The second kappa shape index (κ2) is 7.03. The lowest BCUT2D eigenvalue weighted by Gasteiger charge is -2.31. The zero-order chi connectivity index (χ0) is 18.8. The van der Waals surface area contributed by atoms with Gasteiger partial charge in [0, 0.05) is 42.6 Å². The molecule has 0 radical (unpaired) electrons. The number of anilines is 1. The second-order valence-corrected chi connectivity index (χ2v) is 6.39. The molecule has 0 unspecified atom stereocenters. The van der Waals surface area contributed by atoms with Crippen molar-refractivity contribution < 1.29 is 14.7 Å². The topological polar surface area (TPSA) is 94.9 Å². The van der Waals surface area contributed by atoms with Gasteiger partial charge in [-0.15, -0.1) is 0 Å². The first-order chi connectivity index (χ1) is 13.1. The average Bonchev–Trinajstić information content (AvgIpc) is 3.17. The number of aliphatic imine (C=N–C) groups is 1. The van der Waals surface area contributed by atoms with E-state index in [0.717, 1.165) is 22.6 Å². The number of amidine groups is 1. The zero-order valence-corrected chi connectivity index (χ0v) is 14.6. The molecule has 7 nitrogen and oxygen atoms in total. The summed E-state index contributed by atoms with van der Waals surface area (Å²) in [5.41, 5.74) is 3.23. The number of carboxylic acid groups (broad SMARTS) is 1. The maximum absolute atomic E-state index is 12.6. The Morgan fingerprint density at radius 3 is 2.96 bits per heavy atom. The van der Waals surface area contributed by atoms with E-state index in [0.29, 0.717) is 30.9 Å². The summed E-state index contributed by atoms with van der Waals surface area (Å²) in [6.45, 7) is 1.37. The average molecular weight is 362 g/mol. The first kappa shape index (κ1) is 17.0. The van der Waals surface area contributed by atoms with Crippen molar-refractivity contribution in [3.63, 3.8) is 0 Å². The molecule has 2 aliphatic heterocycles. The number of nitrogens with zero attached hydrogens (tertiary/aromatic N) is 3. The van der Waals surface area contributed by atoms with Crippen LogP contribution in [0.4, 0.5) is 5.69 Å². The number of aryl methyl sites for hydroxylation is 1. The van der Waals surface area contributed by atoms with Crippen LogP contribution in [-0.2, 0) is 11.2 Å². The van der Waals surface area contributed by atoms with E-state index in [4.69, 9.17) is 5.11 Å². The lowest BCUT2D eigenvalue weighted by atomic mass is 10.0. The van der Waals surface area contributed by atoms with Gasteiger partial charge in [0.25, 0.3) is 0 Å². The molecule has 4 rings (SSSR count). The Morgan fingerprint density at radius 1 is 1.30 bits per heavy atom. The van der Waals surface area contributed by atoms with Crippen LogP contribution in [-0.4, -0.2) is 45.7 Å². The van der Waals surface area contributed by atoms with Crippen LogP contribution >= 0.6 is 0 Å². The normalized spacial score (nSPS) is 16.4. The largest absolute Gasteiger partial charge is 0.481 e. The van der Waals surface area contributed by atoms with Crippen molar-refractivity contribution in [1.82, 2.24) is 9.88 Å². The molecule has 1 aromatic heterocycles. The van der Waals surface area contributed by atoms with E-state index in [1.165, 1.54) is 0 Å². The molecule has 0 aliphatic carbocycles. The fraction of sp³-hybridized carbons (Fsp3) is 0.200. The lowest BCUT2D eigenvalue weighted by Crippen LogP contribution is -2.36. The number of hydrogen-bond donors (Lipinski definition) is 2. The van der Waals surface area contributed by atoms with Gasteiger partial charge in [0.2, 0.25) is 0 Å². The third kappa shape index (κ3) is 3.44. The van der Waals surface area contributed by atoms with E-state index in [1.54, 1.807) is 30.6 Å². The monoisotopic (exact) mass is 362 g/mol. The number of aliphatic carboxylic acids is 1. The van der Waals surface area contributed by atoms with Gasteiger partial charge in [0.05, 0.1) is 12.2 Å². The quantitative estimate of drug-likeness (QED) is 0.626. The van der Waals surface area contributed by atoms with E-state index in [1.807, 2.05) is 23.1 Å². The summed E-state index contributed by atoms with van der Waals surface area (Å²) < 4.78 is 0. The lowest BCUT2D eigenvalue weighted by molar-refractivity contribution is -0.136. The number of fused-ring (bicyclic) bond motifs is 3. The minimum atomic E-state index is -0.824. The van der Waals surface area contributed by atoms with E-state index in [9.17, 15) is 9.59 Å². The van der Waals surface area contributed by atoms with Crippen molar-refractivity contribution in [3.8, 4) is 0 Å². The number of carbonyl (C=O) groups is 2. The van der Waals surface area contributed by atoms with Gasteiger partial charge in [-0.3, -0.25) is 19.6 Å². The van der Waals surface area contributed by atoms with Crippen molar-refractivity contribution in [2.75, 3.05) is 18.4 Å². The third-order valence-corrected chi connectivity index (χ3v) is 4.56. The maximum Gasteiger partial charge on any atom is 0.303 e. The highest BCUT2D eigenvalue weighted by Crippen LogP contribution is 2.31. The predicted molar refractivity (Wildman–Crippen MR) is 101 cm³/mol. The summed E-state index contributed by atoms with van der Waals surface area (Å²) in [6, 6.07) is 9.27. The van der Waals surface area contributed by atoms with Gasteiger partial charge in [-0.1, -0.05) is 6.07 Å². The van der Waals surface area contributed by atoms with Crippen LogP contribution in [0.1, 0.15) is 27.9 Å². The summed E-state index contributed by atoms with van der Waals surface area (Å²) in [7, 11) is 0. The number of carboxylic acids is 1. The highest BCUT2D eigenvalue weighted by molar-refractivity contribution is 6.10. The van der Waals surface area contributed by atoms with Gasteiger partial charge >= 0.3 is 5.97 Å². The van der Waals surface area contributed by atoms with Gasteiger partial charge < -0.3 is 15.3 Å². The Bertz CT molecular complexity index is 966. The molecule has 27 heavy (non-hydrogen) atoms. The summed E-state index contributed by atoms with van der Waals surface area (Å²) in [5.74, 6) is 0.541. The van der Waals surface area contributed by atoms with Crippen LogP contribution in [0.25, 0.3) is 0 Å². The Kier molecular flexibility index (Phi) is 4.42. The smallest absolute Gasteiger partial charge is 0.303 e. The van der Waals surface area contributed by atoms with Crippen molar-refractivity contribution >= 4 is 23.3 Å². The number of rotatable bonds is 5. The Morgan fingerprint density at radius 2 is 2.19 bits per heavy atom. The van der Waals surface area contributed by atoms with Crippen LogP contribution in [0.15, 0.2) is 59.6 Å². The van der Waals surface area contributed by atoms with Gasteiger partial charge in [-0.2, -0.15) is 0 Å². The summed E-state index contributed by atoms with van der Waals surface area (Å²) in [5, 5.41) is 12.2. The van der Waals surface area contributed by atoms with Gasteiger partial charge in [0.15, 0.2) is 5.78 Å². The zero-order valence-electron chi connectivity index (χ0n) is 14.6. The third-order valence-electron chi connectivity index (χ3n) is 4.56. The van der Waals surface area contributed by atoms with Crippen molar-refractivity contribution in [1.29, 1.82) is 0 Å². The molecule has 0 atom stereocenters. The number of allylic oxidation sites excluding steroid dienone is 1. The van der Waals surface area contributed by atoms with E-state index in [-0.39, 0.29) is 12.2 Å². The van der Waals surface area contributed by atoms with Crippen LogP contribution in [0.3, 0.4) is 0 Å². The predicted octanol–water partition coefficient (Wildman–Crippen LogP) is 2.31. The van der Waals surface area contributed by atoms with E-state index >= 15 is 0 Å². The number of ketones is 1. The van der Waals surface area contributed by atoms with Crippen LogP contribution in [0.2, 0.25) is 0 Å². The number of aromatic nitrogens is 1. The first-order valence-corrected chi connectivity index (χ1v) is 8.72. The summed E-state index contributed by atoms with van der Waals surface area (Å²) >= 11 is 0. The number of hydrogen-bond acceptors (Lipinski definition) is 6. The van der Waals surface area contributed by atoms with Gasteiger partial charge in [-0.05, 0) is 36.2 Å². The standard InChI is InChI=1S/C20H18N4O3/c25-17(14-2-1-7-21-12-14)11-18-23-16-10-13(4-6-19(26)27)3-5-15(16)20-22-8-9-24(18)20/h1-3,5,7,10-12,23H,4,6,8-9H2,(H,26,27). The minimum absolute atomic E-state index is 0.0774. The molecule has 2 aliphatic rings. The molecule has 0 saturated heterocycles. The molecule has 136 valence electrons. The molecule has 0 bridgehead atoms. The SMILES string of the molecule is O=C(O)CCc1ccc2c(c1)NC(=CC(=O)c1cccnc1)N1CCN=C21. The highest BCUT2D eigenvalue weighted by Gasteiger charge is 2.29. The molecular formula is C20H18N4O3. The summed E-state index contributed by atoms with van der Waals surface area (Å²) in [4.78, 5) is 34.0. The number of benzene rings is 1. The number of nitrogens with one attached hydrogen (secondary N) is 1. The highest BCUT2D eigenvalue weighted by atomic mass is 16.4. The molecule has 3 heterocycles. The molecule has 0 saturated carbocycles. The Labute approximate surface area is 156 Å². The molecule has 0 amide bonds. The second-order valence-electron chi connectivity index (χ2n) is 6.39. The molecule has 0 fully saturated rings. The Hall–Kier alpha value is -3.48. The fourth-order valence-corrected chi connectivity index (χ4v) is 3.24. The maximum atomic E-state index is 12.6. The van der Waals surface area contributed by atoms with Crippen molar-refractivity contribution in [2.45, 2.75) is 12.8 Å². The van der Waals surface area contributed by atoms with Gasteiger partial charge in [0.1, 0.15) is 11.7 Å². The number of pyridine rings is 1. The summed E-state index contributed by atoms with van der Waals surface area (Å²) in [6.07, 6.45) is 5.26. The van der Waals surface area contributed by atoms with Crippen LogP contribution in [0.5, 0.6) is 0 Å². The first-order valence-electron chi connectivity index (χ1n) is 8.72. The van der Waals surface area contributed by atoms with Crippen LogP contribution in [0, 0.1) is 0 Å². The van der Waals surface area contributed by atoms with Crippen LogP contribution < -0.4 is 5.32 Å². The molecule has 2 aromatic rings. The van der Waals surface area contributed by atoms with E-state index in [2.05, 4.69) is 15.3 Å². The van der Waals surface area contributed by atoms with E-state index < -0.39 is 5.97 Å². The van der Waals surface area contributed by atoms with Crippen molar-refractivity contribution in [3.05, 3.63) is 71.3 Å².